The van der Waals surface area contributed by atoms with Crippen LogP contribution in [0.3, 0.4) is 0 Å². The number of oxime groups is 1. The number of aliphatic hydroxyl groups is 3. The van der Waals surface area contributed by atoms with Gasteiger partial charge in [-0.05, 0) is 97.4 Å². The summed E-state index contributed by atoms with van der Waals surface area (Å²) in [6.07, 6.45) is 15.2. The van der Waals surface area contributed by atoms with Gasteiger partial charge < -0.3 is 48.7 Å². The molecule has 6 atom stereocenters. The number of amides is 1. The van der Waals surface area contributed by atoms with Crippen molar-refractivity contribution in [2.24, 2.45) is 28.8 Å². The quantitative estimate of drug-likeness (QED) is 0.0289. The minimum Gasteiger partial charge on any atom is -0.496 e. The van der Waals surface area contributed by atoms with Crippen molar-refractivity contribution in [1.82, 2.24) is 4.90 Å². The van der Waals surface area contributed by atoms with Crippen LogP contribution in [-0.4, -0.2) is 103 Å². The summed E-state index contributed by atoms with van der Waals surface area (Å²) in [6.45, 7) is 5.04. The summed E-state index contributed by atoms with van der Waals surface area (Å²) in [6, 6.07) is 20.1. The van der Waals surface area contributed by atoms with E-state index in [1.165, 1.54) is 20.0 Å². The van der Waals surface area contributed by atoms with E-state index >= 15 is 4.79 Å². The third-order valence-electron chi connectivity index (χ3n) is 14.1. The smallest absolute Gasteiger partial charge is 0.239 e. The van der Waals surface area contributed by atoms with Crippen LogP contribution in [0.2, 0.25) is 0 Å². The Bertz CT molecular complexity index is 2140. The number of allylic oxidation sites excluding steroid dienone is 1. The number of aliphatic hydroxyl groups excluding tert-OH is 3. The SMILES string of the molecule is C=CCO[C@@]12Oc3ccc(Oc4ccc(OC)c(C=O)c4)cc3[C@H]3[C@H](CCCCO)[C@@H](CCCCO)C=C(C(=NOCc4ccccc4)C[C@@H]1N(CCOCCO)C(=O)CCC1CCCC1)[C@H]32. The van der Waals surface area contributed by atoms with Gasteiger partial charge in [-0.15, -0.1) is 6.58 Å². The first kappa shape index (κ1) is 49.8. The highest BCUT2D eigenvalue weighted by Gasteiger charge is 2.65. The van der Waals surface area contributed by atoms with Gasteiger partial charge in [-0.25, -0.2) is 0 Å². The average Bonchev–Trinajstić information content (AvgIpc) is 3.88. The molecule has 0 saturated heterocycles. The first-order valence-electron chi connectivity index (χ1n) is 24.4. The van der Waals surface area contributed by atoms with Crippen molar-refractivity contribution in [1.29, 1.82) is 0 Å². The van der Waals surface area contributed by atoms with Crippen LogP contribution in [0.1, 0.15) is 111 Å². The van der Waals surface area contributed by atoms with Gasteiger partial charge in [0.2, 0.25) is 11.7 Å². The molecule has 1 amide bonds. The lowest BCUT2D eigenvalue weighted by Crippen LogP contribution is -2.70. The number of hydrogen-bond donors (Lipinski definition) is 3. The highest BCUT2D eigenvalue weighted by molar-refractivity contribution is 6.03. The van der Waals surface area contributed by atoms with Crippen LogP contribution in [0, 0.1) is 23.7 Å². The molecule has 2 saturated carbocycles. The maximum atomic E-state index is 15.0. The Morgan fingerprint density at radius 3 is 2.42 bits per heavy atom. The van der Waals surface area contributed by atoms with Crippen molar-refractivity contribution >= 4 is 17.9 Å². The number of aldehydes is 1. The number of carbonyl (C=O) groups excluding carboxylic acids is 2. The lowest BCUT2D eigenvalue weighted by atomic mass is 9.55. The first-order valence-corrected chi connectivity index (χ1v) is 24.4. The summed E-state index contributed by atoms with van der Waals surface area (Å²) in [5.41, 5.74) is 3.88. The van der Waals surface area contributed by atoms with E-state index in [4.69, 9.17) is 33.7 Å². The number of fused-ring (bicyclic) bond motifs is 2. The van der Waals surface area contributed by atoms with E-state index in [1.807, 2.05) is 53.4 Å². The Kier molecular flexibility index (Phi) is 18.5. The summed E-state index contributed by atoms with van der Waals surface area (Å²) in [5, 5.41) is 34.7. The number of hydrogen-bond acceptors (Lipinski definition) is 12. The molecule has 0 bridgehead atoms. The monoisotopic (exact) mass is 922 g/mol. The van der Waals surface area contributed by atoms with E-state index in [1.54, 1.807) is 24.3 Å². The minimum atomic E-state index is -1.43. The number of benzene rings is 3. The van der Waals surface area contributed by atoms with Gasteiger partial charge in [-0.3, -0.25) is 9.59 Å². The fourth-order valence-corrected chi connectivity index (χ4v) is 11.0. The molecule has 362 valence electrons. The molecule has 0 spiro atoms. The Morgan fingerprint density at radius 2 is 1.69 bits per heavy atom. The van der Waals surface area contributed by atoms with E-state index in [2.05, 4.69) is 12.7 Å². The fourth-order valence-electron chi connectivity index (χ4n) is 11.0. The van der Waals surface area contributed by atoms with Crippen molar-refractivity contribution in [3.63, 3.8) is 0 Å². The zero-order valence-electron chi connectivity index (χ0n) is 39.1. The normalized spacial score (nSPS) is 23.7. The van der Waals surface area contributed by atoms with Crippen LogP contribution < -0.4 is 14.2 Å². The second kappa shape index (κ2) is 24.8. The van der Waals surface area contributed by atoms with E-state index in [9.17, 15) is 20.1 Å². The third-order valence-corrected chi connectivity index (χ3v) is 14.1. The summed E-state index contributed by atoms with van der Waals surface area (Å²) >= 11 is 0. The molecule has 1 aliphatic heterocycles. The molecule has 3 aromatic carbocycles. The van der Waals surface area contributed by atoms with Crippen molar-refractivity contribution in [3.8, 4) is 23.0 Å². The van der Waals surface area contributed by atoms with Crippen LogP contribution in [0.15, 0.2) is 96.2 Å². The molecule has 67 heavy (non-hydrogen) atoms. The van der Waals surface area contributed by atoms with Gasteiger partial charge in [-0.1, -0.05) is 86.2 Å². The number of carbonyl (C=O) groups is 2. The summed E-state index contributed by atoms with van der Waals surface area (Å²) in [5.74, 6) is 0.371. The molecule has 3 aromatic rings. The maximum absolute atomic E-state index is 15.0. The van der Waals surface area contributed by atoms with Crippen molar-refractivity contribution in [2.45, 2.75) is 108 Å². The molecule has 0 radical (unpaired) electrons. The molecule has 4 aliphatic rings. The van der Waals surface area contributed by atoms with Crippen molar-refractivity contribution < 1.29 is 53.4 Å². The lowest BCUT2D eigenvalue weighted by Gasteiger charge is -2.60. The van der Waals surface area contributed by atoms with Gasteiger partial charge in [0.25, 0.3) is 0 Å². The maximum Gasteiger partial charge on any atom is 0.239 e. The summed E-state index contributed by atoms with van der Waals surface area (Å²) in [4.78, 5) is 35.2. The predicted octanol–water partition coefficient (Wildman–Crippen LogP) is 8.94. The number of ether oxygens (including phenoxy) is 5. The third kappa shape index (κ3) is 12.0. The molecule has 13 heteroatoms. The van der Waals surface area contributed by atoms with Gasteiger partial charge >= 0.3 is 0 Å². The summed E-state index contributed by atoms with van der Waals surface area (Å²) in [7, 11) is 1.52. The molecule has 2 fully saturated rings. The molecule has 0 aromatic heterocycles. The molecular weight excluding hydrogens is 853 g/mol. The van der Waals surface area contributed by atoms with Crippen molar-refractivity contribution in [3.05, 3.63) is 108 Å². The molecule has 3 N–H and O–H groups in total. The van der Waals surface area contributed by atoms with Gasteiger partial charge in [0.15, 0.2) is 6.29 Å². The van der Waals surface area contributed by atoms with E-state index in [0.717, 1.165) is 67.9 Å². The Labute approximate surface area is 395 Å². The van der Waals surface area contributed by atoms with Gasteiger partial charge in [0.05, 0.1) is 50.7 Å². The number of methoxy groups -OCH3 is 1. The molecule has 13 nitrogen and oxygen atoms in total. The van der Waals surface area contributed by atoms with Gasteiger partial charge in [0, 0.05) is 44.1 Å². The van der Waals surface area contributed by atoms with Gasteiger partial charge in [-0.2, -0.15) is 0 Å². The van der Waals surface area contributed by atoms with Crippen LogP contribution in [0.4, 0.5) is 0 Å². The zero-order valence-corrected chi connectivity index (χ0v) is 39.1. The summed E-state index contributed by atoms with van der Waals surface area (Å²) < 4.78 is 32.4. The Hall–Kier alpha value is -5.05. The number of rotatable bonds is 27. The predicted molar refractivity (Wildman–Crippen MR) is 255 cm³/mol. The molecular formula is C54H70N2O11. The lowest BCUT2D eigenvalue weighted by molar-refractivity contribution is -0.258. The standard InChI is InChI=1S/C54H70N2O11/c1-3-29-64-54-50(56(25-30-63-31-28-59)51(61)24-19-38-13-7-8-14-38)35-47(55-65-37-39-15-5-4-6-16-39)45-33-40(17-9-11-26-57)44(18-10-12-27-58)52(53(45)54)46-34-43(21-23-49(46)67-54)66-42-20-22-48(62-2)41(32-42)36-60/h3-6,15-16,20-23,32-34,36,38,40,44,50,52-53,57-59H,1,7-14,17-19,24-31,35,37H2,2H3/t40-,44+,50-,52+,53+,54+/m0/s1. The number of nitrogens with zero attached hydrogens (tertiary/aromatic N) is 2. The molecule has 0 unspecified atom stereocenters. The average molecular weight is 923 g/mol. The van der Waals surface area contributed by atoms with Crippen molar-refractivity contribution in [2.75, 3.05) is 53.3 Å². The second-order valence-corrected chi connectivity index (χ2v) is 18.3. The van der Waals surface area contributed by atoms with Gasteiger partial charge in [0.1, 0.15) is 35.6 Å². The van der Waals surface area contributed by atoms with Crippen LogP contribution in [0.25, 0.3) is 0 Å². The molecule has 3 aliphatic carbocycles. The largest absolute Gasteiger partial charge is 0.496 e. The van der Waals surface area contributed by atoms with E-state index in [0.29, 0.717) is 59.5 Å². The van der Waals surface area contributed by atoms with Crippen LogP contribution >= 0.6 is 0 Å². The minimum absolute atomic E-state index is 0.0101. The molecule has 1 heterocycles. The molecule has 7 rings (SSSR count). The van der Waals surface area contributed by atoms with Crippen LogP contribution in [0.5, 0.6) is 23.0 Å². The fraction of sp³-hybridized carbons (Fsp3) is 0.537. The zero-order chi connectivity index (χ0) is 47.0. The van der Waals surface area contributed by atoms with Crippen LogP contribution in [-0.2, 0) is 25.7 Å². The second-order valence-electron chi connectivity index (χ2n) is 18.3. The highest BCUT2D eigenvalue weighted by Crippen LogP contribution is 2.62. The Balaban J connectivity index is 1.41. The Morgan fingerprint density at radius 1 is 0.925 bits per heavy atom. The number of unbranched alkanes of at least 4 members (excludes halogenated alkanes) is 2. The van der Waals surface area contributed by atoms with E-state index in [-0.39, 0.29) is 82.9 Å². The highest BCUT2D eigenvalue weighted by atomic mass is 16.7. The first-order chi connectivity index (χ1) is 32.9. The van der Waals surface area contributed by atoms with E-state index < -0.39 is 17.7 Å². The topological polar surface area (TPSA) is 166 Å².